The lowest BCUT2D eigenvalue weighted by atomic mass is 9.64. The van der Waals surface area contributed by atoms with Gasteiger partial charge in [0.15, 0.2) is 0 Å². The largest absolute Gasteiger partial charge is 0.322 e. The molecule has 2 aliphatic rings. The maximum Gasteiger partial charge on any atom is 0.0370 e. The van der Waals surface area contributed by atoms with E-state index in [1.807, 2.05) is 0 Å². The van der Waals surface area contributed by atoms with E-state index in [0.29, 0.717) is 12.0 Å². The molecule has 2 unspecified atom stereocenters. The SMILES string of the molecule is CCC1(N)\C=C/C=C([C@H](CCCCC(C)C)NC)\C=C\CCC1C1CCC1. The molecular formula is C25H44N2. The molecule has 2 rings (SSSR count). The summed E-state index contributed by atoms with van der Waals surface area (Å²) in [5.41, 5.74) is 8.18. The summed E-state index contributed by atoms with van der Waals surface area (Å²) in [5, 5.41) is 3.54. The van der Waals surface area contributed by atoms with Crippen LogP contribution in [0.15, 0.2) is 36.0 Å². The fraction of sp³-hybridized carbons (Fsp3) is 0.760. The van der Waals surface area contributed by atoms with Crippen LogP contribution in [0.3, 0.4) is 0 Å². The molecule has 0 aromatic heterocycles. The Bertz CT molecular complexity index is 512. The molecule has 0 spiro atoms. The molecule has 154 valence electrons. The van der Waals surface area contributed by atoms with Gasteiger partial charge in [0.25, 0.3) is 0 Å². The molecule has 27 heavy (non-hydrogen) atoms. The molecule has 2 aliphatic carbocycles. The van der Waals surface area contributed by atoms with Gasteiger partial charge >= 0.3 is 0 Å². The predicted octanol–water partition coefficient (Wildman–Crippen LogP) is 6.15. The van der Waals surface area contributed by atoms with E-state index >= 15 is 0 Å². The van der Waals surface area contributed by atoms with Crippen molar-refractivity contribution in [3.63, 3.8) is 0 Å². The Hall–Kier alpha value is -0.860. The van der Waals surface area contributed by atoms with Crippen molar-refractivity contribution in [1.29, 1.82) is 0 Å². The number of hydrogen-bond donors (Lipinski definition) is 2. The van der Waals surface area contributed by atoms with Crippen LogP contribution in [0.4, 0.5) is 0 Å². The summed E-state index contributed by atoms with van der Waals surface area (Å²) in [7, 11) is 2.09. The van der Waals surface area contributed by atoms with E-state index in [1.165, 1.54) is 56.9 Å². The highest BCUT2D eigenvalue weighted by molar-refractivity contribution is 5.31. The highest BCUT2D eigenvalue weighted by Gasteiger charge is 2.38. The second-order valence-corrected chi connectivity index (χ2v) is 9.29. The highest BCUT2D eigenvalue weighted by Crippen LogP contribution is 2.42. The first kappa shape index (κ1) is 22.4. The molecule has 0 heterocycles. The molecule has 3 N–H and O–H groups in total. The maximum absolute atomic E-state index is 6.93. The molecule has 0 aliphatic heterocycles. The van der Waals surface area contributed by atoms with E-state index in [0.717, 1.165) is 24.7 Å². The van der Waals surface area contributed by atoms with Crippen LogP contribution in [0.5, 0.6) is 0 Å². The van der Waals surface area contributed by atoms with E-state index in [2.05, 4.69) is 63.5 Å². The topological polar surface area (TPSA) is 38.0 Å². The minimum absolute atomic E-state index is 0.149. The van der Waals surface area contributed by atoms with Crippen molar-refractivity contribution in [2.75, 3.05) is 7.05 Å². The van der Waals surface area contributed by atoms with Crippen LogP contribution in [-0.4, -0.2) is 18.6 Å². The lowest BCUT2D eigenvalue weighted by molar-refractivity contribution is 0.133. The van der Waals surface area contributed by atoms with Crippen molar-refractivity contribution in [2.45, 2.75) is 96.6 Å². The van der Waals surface area contributed by atoms with Gasteiger partial charge in [-0.1, -0.05) is 89.7 Å². The number of nitrogens with two attached hydrogens (primary N) is 1. The normalized spacial score (nSPS) is 32.4. The lowest BCUT2D eigenvalue weighted by Crippen LogP contribution is -2.49. The number of nitrogens with one attached hydrogen (secondary N) is 1. The zero-order valence-corrected chi connectivity index (χ0v) is 18.3. The molecule has 0 aromatic carbocycles. The Labute approximate surface area is 168 Å². The van der Waals surface area contributed by atoms with Gasteiger partial charge in [-0.25, -0.2) is 0 Å². The fourth-order valence-corrected chi connectivity index (χ4v) is 4.79. The smallest absolute Gasteiger partial charge is 0.0370 e. The number of allylic oxidation sites excluding steroid dienone is 3. The maximum atomic E-state index is 6.93. The molecule has 2 nitrogen and oxygen atoms in total. The lowest BCUT2D eigenvalue weighted by Gasteiger charge is -2.44. The average Bonchev–Trinajstić information content (AvgIpc) is 2.61. The van der Waals surface area contributed by atoms with Gasteiger partial charge in [-0.15, -0.1) is 0 Å². The van der Waals surface area contributed by atoms with Crippen molar-refractivity contribution < 1.29 is 0 Å². The monoisotopic (exact) mass is 372 g/mol. The summed E-state index contributed by atoms with van der Waals surface area (Å²) in [5.74, 6) is 2.27. The Kier molecular flexibility index (Phi) is 9.32. The van der Waals surface area contributed by atoms with Gasteiger partial charge in [0.1, 0.15) is 0 Å². The van der Waals surface area contributed by atoms with Gasteiger partial charge < -0.3 is 11.1 Å². The third kappa shape index (κ3) is 6.61. The van der Waals surface area contributed by atoms with E-state index in [-0.39, 0.29) is 5.54 Å². The second-order valence-electron chi connectivity index (χ2n) is 9.29. The number of rotatable bonds is 9. The fourth-order valence-electron chi connectivity index (χ4n) is 4.79. The van der Waals surface area contributed by atoms with Gasteiger partial charge in [-0.05, 0) is 56.1 Å². The minimum atomic E-state index is -0.149. The summed E-state index contributed by atoms with van der Waals surface area (Å²) in [4.78, 5) is 0. The van der Waals surface area contributed by atoms with Gasteiger partial charge in [0.05, 0.1) is 0 Å². The Morgan fingerprint density at radius 1 is 1.19 bits per heavy atom. The minimum Gasteiger partial charge on any atom is -0.322 e. The Morgan fingerprint density at radius 2 is 1.93 bits per heavy atom. The second kappa shape index (κ2) is 11.2. The molecular weight excluding hydrogens is 328 g/mol. The Morgan fingerprint density at radius 3 is 2.52 bits per heavy atom. The van der Waals surface area contributed by atoms with Crippen LogP contribution in [0, 0.1) is 17.8 Å². The summed E-state index contributed by atoms with van der Waals surface area (Å²) >= 11 is 0. The van der Waals surface area contributed by atoms with Gasteiger partial charge in [0.2, 0.25) is 0 Å². The molecule has 0 aromatic rings. The van der Waals surface area contributed by atoms with Crippen molar-refractivity contribution in [3.05, 3.63) is 36.0 Å². The quantitative estimate of drug-likeness (QED) is 0.477. The first-order valence-electron chi connectivity index (χ1n) is 11.5. The van der Waals surface area contributed by atoms with Crippen LogP contribution >= 0.6 is 0 Å². The molecule has 0 radical (unpaired) electrons. The van der Waals surface area contributed by atoms with Crippen LogP contribution in [0.2, 0.25) is 0 Å². The molecule has 3 atom stereocenters. The van der Waals surface area contributed by atoms with E-state index in [9.17, 15) is 0 Å². The third-order valence-corrected chi connectivity index (χ3v) is 6.95. The number of hydrogen-bond acceptors (Lipinski definition) is 2. The summed E-state index contributed by atoms with van der Waals surface area (Å²) < 4.78 is 0. The van der Waals surface area contributed by atoms with Crippen LogP contribution < -0.4 is 11.1 Å². The summed E-state index contributed by atoms with van der Waals surface area (Å²) in [6.45, 7) is 6.89. The Balaban J connectivity index is 2.07. The van der Waals surface area contributed by atoms with Gasteiger partial charge in [-0.2, -0.15) is 0 Å². The first-order chi connectivity index (χ1) is 13.0. The highest BCUT2D eigenvalue weighted by atomic mass is 14.9. The molecule has 0 amide bonds. The molecule has 1 fully saturated rings. The van der Waals surface area contributed by atoms with Crippen molar-refractivity contribution in [3.8, 4) is 0 Å². The zero-order chi connectivity index (χ0) is 19.7. The third-order valence-electron chi connectivity index (χ3n) is 6.95. The van der Waals surface area contributed by atoms with E-state index < -0.39 is 0 Å². The molecule has 1 saturated carbocycles. The van der Waals surface area contributed by atoms with Crippen LogP contribution in [0.25, 0.3) is 0 Å². The molecule has 0 saturated heterocycles. The molecule has 0 bridgehead atoms. The first-order valence-corrected chi connectivity index (χ1v) is 11.5. The van der Waals surface area contributed by atoms with Crippen molar-refractivity contribution >= 4 is 0 Å². The predicted molar refractivity (Wildman–Crippen MR) is 120 cm³/mol. The number of unbranched alkanes of at least 4 members (excludes halogenated alkanes) is 1. The average molecular weight is 373 g/mol. The van der Waals surface area contributed by atoms with Gasteiger partial charge in [0, 0.05) is 11.6 Å². The summed E-state index contributed by atoms with van der Waals surface area (Å²) in [6.07, 6.45) is 24.3. The van der Waals surface area contributed by atoms with Crippen LogP contribution in [0.1, 0.15) is 85.0 Å². The zero-order valence-electron chi connectivity index (χ0n) is 18.3. The van der Waals surface area contributed by atoms with Crippen molar-refractivity contribution in [1.82, 2.24) is 5.32 Å². The van der Waals surface area contributed by atoms with Crippen LogP contribution in [-0.2, 0) is 0 Å². The van der Waals surface area contributed by atoms with Crippen molar-refractivity contribution in [2.24, 2.45) is 23.5 Å². The van der Waals surface area contributed by atoms with E-state index in [1.54, 1.807) is 0 Å². The van der Waals surface area contributed by atoms with E-state index in [4.69, 9.17) is 5.73 Å². The summed E-state index contributed by atoms with van der Waals surface area (Å²) in [6, 6.07) is 0.439. The number of likely N-dealkylation sites (N-methyl/N-ethyl adjacent to an activating group) is 1. The van der Waals surface area contributed by atoms with Gasteiger partial charge in [-0.3, -0.25) is 0 Å². The standard InChI is InChI=1S/C25H44N2/c1-5-25(26)19-11-16-22(24(27-4)18-9-6-12-20(2)3)13-7-8-17-23(25)21-14-10-15-21/h7,11,13,16,19-21,23-24,27H,5-6,8-10,12,14-15,17-18,26H2,1-4H3/b13-7+,19-11-,22-16+/t23?,24-,25?/m0/s1. The molecule has 2 heteroatoms.